The van der Waals surface area contributed by atoms with Gasteiger partial charge in [-0.2, -0.15) is 0 Å². The molecule has 1 aliphatic rings. The zero-order chi connectivity index (χ0) is 9.10. The van der Waals surface area contributed by atoms with Crippen LogP contribution in [-0.4, -0.2) is 18.2 Å². The minimum Gasteiger partial charge on any atom is -0.508 e. The van der Waals surface area contributed by atoms with Crippen LogP contribution >= 0.6 is 0 Å². The predicted molar refractivity (Wildman–Crippen MR) is 53.6 cm³/mol. The highest BCUT2D eigenvalue weighted by Crippen LogP contribution is 2.22. The summed E-state index contributed by atoms with van der Waals surface area (Å²) >= 11 is 0. The molecule has 2 N–H and O–H groups in total. The third kappa shape index (κ3) is 1.90. The Morgan fingerprint density at radius 3 is 2.92 bits per heavy atom. The smallest absolute Gasteiger partial charge is 0.116 e. The van der Waals surface area contributed by atoms with Crippen LogP contribution in [0.4, 0.5) is 0 Å². The number of phenols is 1. The molecule has 1 aromatic rings. The van der Waals surface area contributed by atoms with Crippen molar-refractivity contribution in [2.75, 3.05) is 13.1 Å². The van der Waals surface area contributed by atoms with Crippen LogP contribution in [-0.2, 0) is 0 Å². The summed E-state index contributed by atoms with van der Waals surface area (Å²) in [6, 6.07) is 7.44. The first-order chi connectivity index (χ1) is 6.36. The summed E-state index contributed by atoms with van der Waals surface area (Å²) in [5, 5.41) is 12.6. The van der Waals surface area contributed by atoms with Gasteiger partial charge < -0.3 is 10.4 Å². The third-order valence-corrected chi connectivity index (χ3v) is 2.28. The van der Waals surface area contributed by atoms with E-state index in [0.717, 1.165) is 25.1 Å². The van der Waals surface area contributed by atoms with Gasteiger partial charge in [-0.25, -0.2) is 0 Å². The molecular weight excluding hydrogens is 162 g/mol. The number of rotatable bonds is 1. The molecule has 2 heteroatoms. The molecular formula is C11H13NO. The molecule has 0 fully saturated rings. The maximum absolute atomic E-state index is 9.30. The predicted octanol–water partition coefficient (Wildman–Crippen LogP) is 1.77. The molecule has 0 amide bonds. The maximum Gasteiger partial charge on any atom is 0.116 e. The largest absolute Gasteiger partial charge is 0.508 e. The average molecular weight is 175 g/mol. The zero-order valence-corrected chi connectivity index (χ0v) is 7.46. The number of phenolic OH excluding ortho intramolecular Hbond substituents is 1. The highest BCUT2D eigenvalue weighted by Gasteiger charge is 2.05. The first-order valence-electron chi connectivity index (χ1n) is 4.55. The van der Waals surface area contributed by atoms with Gasteiger partial charge in [-0.1, -0.05) is 18.2 Å². The summed E-state index contributed by atoms with van der Waals surface area (Å²) in [5.74, 6) is 0.344. The van der Waals surface area contributed by atoms with Gasteiger partial charge in [-0.15, -0.1) is 0 Å². The first-order valence-corrected chi connectivity index (χ1v) is 4.55. The average Bonchev–Trinajstić information content (AvgIpc) is 2.19. The van der Waals surface area contributed by atoms with Crippen LogP contribution in [0.1, 0.15) is 12.0 Å². The van der Waals surface area contributed by atoms with E-state index in [4.69, 9.17) is 0 Å². The standard InChI is InChI=1S/C11H13NO/c13-11-3-1-2-10(8-11)9-4-6-12-7-5-9/h1-4,8,12-13H,5-7H2. The minimum atomic E-state index is 0.344. The van der Waals surface area contributed by atoms with E-state index in [1.807, 2.05) is 18.2 Å². The van der Waals surface area contributed by atoms with E-state index in [9.17, 15) is 5.11 Å². The van der Waals surface area contributed by atoms with E-state index in [0.29, 0.717) is 5.75 Å². The fourth-order valence-electron chi connectivity index (χ4n) is 1.59. The summed E-state index contributed by atoms with van der Waals surface area (Å²) in [6.07, 6.45) is 3.22. The molecule has 0 spiro atoms. The normalized spacial score (nSPS) is 16.8. The van der Waals surface area contributed by atoms with Crippen LogP contribution in [0.25, 0.3) is 5.57 Å². The van der Waals surface area contributed by atoms with E-state index in [2.05, 4.69) is 11.4 Å². The van der Waals surface area contributed by atoms with Gasteiger partial charge in [0.05, 0.1) is 0 Å². The first kappa shape index (κ1) is 8.32. The van der Waals surface area contributed by atoms with Crippen LogP contribution < -0.4 is 5.32 Å². The number of hydrogen-bond donors (Lipinski definition) is 2. The molecule has 0 unspecified atom stereocenters. The molecule has 1 aliphatic heterocycles. The van der Waals surface area contributed by atoms with Crippen LogP contribution in [0.5, 0.6) is 5.75 Å². The number of aromatic hydroxyl groups is 1. The Morgan fingerprint density at radius 1 is 1.31 bits per heavy atom. The van der Waals surface area contributed by atoms with Crippen molar-refractivity contribution >= 4 is 5.57 Å². The molecule has 2 nitrogen and oxygen atoms in total. The number of hydrogen-bond acceptors (Lipinski definition) is 2. The van der Waals surface area contributed by atoms with Gasteiger partial charge in [-0.3, -0.25) is 0 Å². The van der Waals surface area contributed by atoms with E-state index in [1.54, 1.807) is 6.07 Å². The Bertz CT molecular complexity index is 331. The van der Waals surface area contributed by atoms with Gasteiger partial charge in [0, 0.05) is 6.54 Å². The second kappa shape index (κ2) is 3.62. The molecule has 0 saturated carbocycles. The SMILES string of the molecule is Oc1cccc(C2=CCNCC2)c1. The van der Waals surface area contributed by atoms with Gasteiger partial charge >= 0.3 is 0 Å². The Balaban J connectivity index is 2.29. The topological polar surface area (TPSA) is 32.3 Å². The van der Waals surface area contributed by atoms with Crippen LogP contribution in [0.3, 0.4) is 0 Å². The van der Waals surface area contributed by atoms with E-state index in [1.165, 1.54) is 5.57 Å². The fraction of sp³-hybridized carbons (Fsp3) is 0.273. The summed E-state index contributed by atoms with van der Waals surface area (Å²) in [7, 11) is 0. The molecule has 0 saturated heterocycles. The van der Waals surface area contributed by atoms with Crippen molar-refractivity contribution in [3.8, 4) is 5.75 Å². The van der Waals surface area contributed by atoms with Gasteiger partial charge in [0.1, 0.15) is 5.75 Å². The quantitative estimate of drug-likeness (QED) is 0.681. The summed E-state index contributed by atoms with van der Waals surface area (Å²) in [4.78, 5) is 0. The van der Waals surface area contributed by atoms with Gasteiger partial charge in [0.25, 0.3) is 0 Å². The van der Waals surface area contributed by atoms with Crippen LogP contribution in [0.15, 0.2) is 30.3 Å². The lowest BCUT2D eigenvalue weighted by Gasteiger charge is -2.14. The molecule has 1 aromatic carbocycles. The van der Waals surface area contributed by atoms with E-state index < -0.39 is 0 Å². The Kier molecular flexibility index (Phi) is 2.32. The summed E-state index contributed by atoms with van der Waals surface area (Å²) in [5.41, 5.74) is 2.47. The highest BCUT2D eigenvalue weighted by atomic mass is 16.3. The van der Waals surface area contributed by atoms with Crippen molar-refractivity contribution in [1.29, 1.82) is 0 Å². The van der Waals surface area contributed by atoms with Crippen molar-refractivity contribution in [2.24, 2.45) is 0 Å². The molecule has 68 valence electrons. The second-order valence-corrected chi connectivity index (χ2v) is 3.23. The molecule has 0 aromatic heterocycles. The van der Waals surface area contributed by atoms with Crippen molar-refractivity contribution in [3.05, 3.63) is 35.9 Å². The zero-order valence-electron chi connectivity index (χ0n) is 7.46. The summed E-state index contributed by atoms with van der Waals surface area (Å²) in [6.45, 7) is 1.96. The molecule has 0 radical (unpaired) electrons. The lowest BCUT2D eigenvalue weighted by atomic mass is 10.0. The monoisotopic (exact) mass is 175 g/mol. The van der Waals surface area contributed by atoms with E-state index >= 15 is 0 Å². The van der Waals surface area contributed by atoms with Gasteiger partial charge in [0.2, 0.25) is 0 Å². The molecule has 1 heterocycles. The van der Waals surface area contributed by atoms with Gasteiger partial charge in [-0.05, 0) is 36.2 Å². The lowest BCUT2D eigenvalue weighted by Crippen LogP contribution is -2.19. The maximum atomic E-state index is 9.30. The fourth-order valence-corrected chi connectivity index (χ4v) is 1.59. The van der Waals surface area contributed by atoms with Crippen molar-refractivity contribution in [2.45, 2.75) is 6.42 Å². The van der Waals surface area contributed by atoms with Gasteiger partial charge in [0.15, 0.2) is 0 Å². The molecule has 0 aliphatic carbocycles. The minimum absolute atomic E-state index is 0.344. The molecule has 0 atom stereocenters. The highest BCUT2D eigenvalue weighted by molar-refractivity contribution is 5.67. The second-order valence-electron chi connectivity index (χ2n) is 3.23. The van der Waals surface area contributed by atoms with Crippen LogP contribution in [0, 0.1) is 0 Å². The third-order valence-electron chi connectivity index (χ3n) is 2.28. The van der Waals surface area contributed by atoms with Crippen molar-refractivity contribution in [1.82, 2.24) is 5.32 Å². The Morgan fingerprint density at radius 2 is 2.23 bits per heavy atom. The number of benzene rings is 1. The summed E-state index contributed by atoms with van der Waals surface area (Å²) < 4.78 is 0. The molecule has 0 bridgehead atoms. The van der Waals surface area contributed by atoms with Crippen molar-refractivity contribution in [3.63, 3.8) is 0 Å². The number of nitrogens with one attached hydrogen (secondary N) is 1. The van der Waals surface area contributed by atoms with E-state index in [-0.39, 0.29) is 0 Å². The molecule has 13 heavy (non-hydrogen) atoms. The lowest BCUT2D eigenvalue weighted by molar-refractivity contribution is 0.475. The molecule has 2 rings (SSSR count). The Labute approximate surface area is 77.9 Å². The van der Waals surface area contributed by atoms with Crippen LogP contribution in [0.2, 0.25) is 0 Å². The van der Waals surface area contributed by atoms with Crippen molar-refractivity contribution < 1.29 is 5.11 Å². The Hall–Kier alpha value is -1.28.